The van der Waals surface area contributed by atoms with Crippen molar-refractivity contribution < 1.29 is 9.21 Å². The van der Waals surface area contributed by atoms with Crippen molar-refractivity contribution in [1.82, 2.24) is 4.98 Å². The Balaban J connectivity index is 2.09. The zero-order valence-electron chi connectivity index (χ0n) is 10.8. The Labute approximate surface area is 110 Å². The van der Waals surface area contributed by atoms with Gasteiger partial charge in [-0.2, -0.15) is 0 Å². The Bertz CT molecular complexity index is 771. The predicted octanol–water partition coefficient (Wildman–Crippen LogP) is 3.68. The molecule has 0 aliphatic heterocycles. The highest BCUT2D eigenvalue weighted by Crippen LogP contribution is 2.19. The van der Waals surface area contributed by atoms with Crippen LogP contribution in [-0.4, -0.2) is 10.8 Å². The standard InChI is InChI=1S/C16H13NO2/c1-10-7-8-19-16(10)15(18)13-5-6-14-12(9-13)4-3-11(2)17-14/h3-9H,1-2H3. The van der Waals surface area contributed by atoms with Crippen molar-refractivity contribution in [3.8, 4) is 0 Å². The van der Waals surface area contributed by atoms with Gasteiger partial charge in [0.2, 0.25) is 5.78 Å². The lowest BCUT2D eigenvalue weighted by atomic mass is 10.0. The summed E-state index contributed by atoms with van der Waals surface area (Å²) in [5, 5.41) is 0.959. The summed E-state index contributed by atoms with van der Waals surface area (Å²) >= 11 is 0. The highest BCUT2D eigenvalue weighted by molar-refractivity contribution is 6.09. The van der Waals surface area contributed by atoms with Crippen LogP contribution >= 0.6 is 0 Å². The minimum Gasteiger partial charge on any atom is -0.461 e. The Kier molecular flexibility index (Phi) is 2.67. The van der Waals surface area contributed by atoms with Crippen molar-refractivity contribution in [3.05, 3.63) is 65.2 Å². The van der Waals surface area contributed by atoms with Gasteiger partial charge in [-0.05, 0) is 49.7 Å². The van der Waals surface area contributed by atoms with Gasteiger partial charge in [0.25, 0.3) is 0 Å². The summed E-state index contributed by atoms with van der Waals surface area (Å²) in [5.74, 6) is 0.310. The number of rotatable bonds is 2. The summed E-state index contributed by atoms with van der Waals surface area (Å²) in [6, 6.07) is 11.2. The van der Waals surface area contributed by atoms with E-state index in [0.29, 0.717) is 11.3 Å². The molecule has 0 unspecified atom stereocenters. The van der Waals surface area contributed by atoms with Crippen LogP contribution in [0.3, 0.4) is 0 Å². The lowest BCUT2D eigenvalue weighted by Gasteiger charge is -2.03. The summed E-state index contributed by atoms with van der Waals surface area (Å²) in [7, 11) is 0. The molecular weight excluding hydrogens is 238 g/mol. The third-order valence-corrected chi connectivity index (χ3v) is 3.16. The van der Waals surface area contributed by atoms with E-state index in [1.807, 2.05) is 38.1 Å². The molecule has 0 bridgehead atoms. The first-order valence-electron chi connectivity index (χ1n) is 6.11. The molecule has 0 saturated heterocycles. The second kappa shape index (κ2) is 4.35. The van der Waals surface area contributed by atoms with Crippen molar-refractivity contribution in [1.29, 1.82) is 0 Å². The number of carbonyl (C=O) groups excluding carboxylic acids is 1. The SMILES string of the molecule is Cc1ccc2cc(C(=O)c3occc3C)ccc2n1. The molecule has 0 fully saturated rings. The Morgan fingerprint density at radius 3 is 2.68 bits per heavy atom. The molecule has 0 saturated carbocycles. The van der Waals surface area contributed by atoms with Gasteiger partial charge >= 0.3 is 0 Å². The maximum atomic E-state index is 12.3. The van der Waals surface area contributed by atoms with E-state index in [0.717, 1.165) is 22.2 Å². The third kappa shape index (κ3) is 2.03. The molecule has 0 radical (unpaired) electrons. The van der Waals surface area contributed by atoms with Gasteiger partial charge in [-0.3, -0.25) is 9.78 Å². The van der Waals surface area contributed by atoms with Gasteiger partial charge in [0.1, 0.15) is 0 Å². The van der Waals surface area contributed by atoms with Crippen LogP contribution in [0.4, 0.5) is 0 Å². The number of hydrogen-bond donors (Lipinski definition) is 0. The number of benzene rings is 1. The van der Waals surface area contributed by atoms with Crippen LogP contribution in [0, 0.1) is 13.8 Å². The zero-order valence-corrected chi connectivity index (χ0v) is 10.8. The van der Waals surface area contributed by atoms with Gasteiger partial charge in [-0.15, -0.1) is 0 Å². The van der Waals surface area contributed by atoms with E-state index in [1.165, 1.54) is 6.26 Å². The summed E-state index contributed by atoms with van der Waals surface area (Å²) in [4.78, 5) is 16.7. The van der Waals surface area contributed by atoms with E-state index < -0.39 is 0 Å². The fraction of sp³-hybridized carbons (Fsp3) is 0.125. The van der Waals surface area contributed by atoms with E-state index in [-0.39, 0.29) is 5.78 Å². The largest absolute Gasteiger partial charge is 0.461 e. The topological polar surface area (TPSA) is 43.1 Å². The second-order valence-corrected chi connectivity index (χ2v) is 4.62. The molecule has 0 aliphatic carbocycles. The minimum atomic E-state index is -0.0926. The molecule has 2 heterocycles. The smallest absolute Gasteiger partial charge is 0.228 e. The minimum absolute atomic E-state index is 0.0926. The van der Waals surface area contributed by atoms with Crippen molar-refractivity contribution in [2.45, 2.75) is 13.8 Å². The molecule has 3 rings (SSSR count). The predicted molar refractivity (Wildman–Crippen MR) is 73.4 cm³/mol. The maximum Gasteiger partial charge on any atom is 0.228 e. The summed E-state index contributed by atoms with van der Waals surface area (Å²) in [5.41, 5.74) is 3.34. The molecule has 2 aromatic heterocycles. The van der Waals surface area contributed by atoms with Crippen molar-refractivity contribution in [2.75, 3.05) is 0 Å². The van der Waals surface area contributed by atoms with Crippen LogP contribution in [0.15, 0.2) is 47.1 Å². The molecule has 1 aromatic carbocycles. The number of pyridine rings is 1. The molecule has 19 heavy (non-hydrogen) atoms. The van der Waals surface area contributed by atoms with Gasteiger partial charge in [-0.25, -0.2) is 0 Å². The van der Waals surface area contributed by atoms with Gasteiger partial charge in [-0.1, -0.05) is 6.07 Å². The van der Waals surface area contributed by atoms with Gasteiger partial charge in [0.15, 0.2) is 5.76 Å². The van der Waals surface area contributed by atoms with Crippen molar-refractivity contribution >= 4 is 16.7 Å². The molecule has 0 spiro atoms. The van der Waals surface area contributed by atoms with E-state index >= 15 is 0 Å². The Morgan fingerprint density at radius 2 is 1.95 bits per heavy atom. The monoisotopic (exact) mass is 251 g/mol. The fourth-order valence-electron chi connectivity index (χ4n) is 2.11. The first kappa shape index (κ1) is 11.7. The zero-order chi connectivity index (χ0) is 13.4. The number of hydrogen-bond acceptors (Lipinski definition) is 3. The summed E-state index contributed by atoms with van der Waals surface area (Å²) in [6.45, 7) is 3.81. The van der Waals surface area contributed by atoms with Crippen LogP contribution in [0.2, 0.25) is 0 Å². The van der Waals surface area contributed by atoms with Crippen molar-refractivity contribution in [3.63, 3.8) is 0 Å². The van der Waals surface area contributed by atoms with Crippen LogP contribution in [0.5, 0.6) is 0 Å². The average Bonchev–Trinajstić information content (AvgIpc) is 2.83. The summed E-state index contributed by atoms with van der Waals surface area (Å²) < 4.78 is 5.25. The Hall–Kier alpha value is -2.42. The number of fused-ring (bicyclic) bond motifs is 1. The Morgan fingerprint density at radius 1 is 1.11 bits per heavy atom. The number of ketones is 1. The molecule has 94 valence electrons. The highest BCUT2D eigenvalue weighted by Gasteiger charge is 2.15. The molecule has 0 amide bonds. The van der Waals surface area contributed by atoms with Crippen molar-refractivity contribution in [2.24, 2.45) is 0 Å². The van der Waals surface area contributed by atoms with Gasteiger partial charge < -0.3 is 4.42 Å². The third-order valence-electron chi connectivity index (χ3n) is 3.16. The first-order valence-corrected chi connectivity index (χ1v) is 6.11. The molecule has 0 aliphatic rings. The maximum absolute atomic E-state index is 12.3. The number of aryl methyl sites for hydroxylation is 2. The second-order valence-electron chi connectivity index (χ2n) is 4.62. The average molecular weight is 251 g/mol. The molecule has 0 atom stereocenters. The van der Waals surface area contributed by atoms with Crippen LogP contribution < -0.4 is 0 Å². The summed E-state index contributed by atoms with van der Waals surface area (Å²) in [6.07, 6.45) is 1.54. The van der Waals surface area contributed by atoms with E-state index in [2.05, 4.69) is 4.98 Å². The first-order chi connectivity index (χ1) is 9.15. The molecule has 0 N–H and O–H groups in total. The van der Waals surface area contributed by atoms with E-state index in [4.69, 9.17) is 4.42 Å². The van der Waals surface area contributed by atoms with Gasteiger partial charge in [0.05, 0.1) is 11.8 Å². The highest BCUT2D eigenvalue weighted by atomic mass is 16.3. The number of nitrogens with zero attached hydrogens (tertiary/aromatic N) is 1. The van der Waals surface area contributed by atoms with Crippen LogP contribution in [0.25, 0.3) is 10.9 Å². The fourth-order valence-corrected chi connectivity index (χ4v) is 2.11. The normalized spacial score (nSPS) is 10.8. The molecule has 3 aromatic rings. The lowest BCUT2D eigenvalue weighted by molar-refractivity contribution is 0.101. The quantitative estimate of drug-likeness (QED) is 0.652. The lowest BCUT2D eigenvalue weighted by Crippen LogP contribution is -2.01. The van der Waals surface area contributed by atoms with E-state index in [9.17, 15) is 4.79 Å². The van der Waals surface area contributed by atoms with Gasteiger partial charge in [0, 0.05) is 16.6 Å². The molecule has 3 heteroatoms. The van der Waals surface area contributed by atoms with Crippen LogP contribution in [-0.2, 0) is 0 Å². The molecular formula is C16H13NO2. The number of aromatic nitrogens is 1. The van der Waals surface area contributed by atoms with E-state index in [1.54, 1.807) is 12.1 Å². The number of carbonyl (C=O) groups is 1. The number of furan rings is 1. The van der Waals surface area contributed by atoms with Crippen LogP contribution in [0.1, 0.15) is 27.4 Å². The molecule has 3 nitrogen and oxygen atoms in total.